The van der Waals surface area contributed by atoms with Crippen LogP contribution >= 0.6 is 0 Å². The van der Waals surface area contributed by atoms with Crippen molar-refractivity contribution in [3.63, 3.8) is 0 Å². The molecule has 0 heterocycles. The number of rotatable bonds is 2. The maximum absolute atomic E-state index is 2.45. The van der Waals surface area contributed by atoms with Crippen LogP contribution in [0.5, 0.6) is 0 Å². The average molecular weight is 166 g/mol. The van der Waals surface area contributed by atoms with Gasteiger partial charge in [0.15, 0.2) is 0 Å². The summed E-state index contributed by atoms with van der Waals surface area (Å²) in [6.07, 6.45) is 8.90. The molecule has 0 saturated heterocycles. The zero-order valence-electron chi connectivity index (χ0n) is 8.93. The van der Waals surface area contributed by atoms with Gasteiger partial charge in [-0.15, -0.1) is 0 Å². The monoisotopic (exact) mass is 166 g/mol. The molecule has 1 rings (SSSR count). The fourth-order valence-corrected chi connectivity index (χ4v) is 1.98. The van der Waals surface area contributed by atoms with E-state index in [1.807, 2.05) is 0 Å². The fourth-order valence-electron chi connectivity index (χ4n) is 1.98. The molecule has 0 aromatic rings. The van der Waals surface area contributed by atoms with Crippen molar-refractivity contribution in [1.29, 1.82) is 0 Å². The van der Waals surface area contributed by atoms with E-state index in [1.165, 1.54) is 19.3 Å². The van der Waals surface area contributed by atoms with E-state index in [0.29, 0.717) is 5.41 Å². The molecule has 0 bridgehead atoms. The molecule has 0 amide bonds. The second kappa shape index (κ2) is 3.64. The van der Waals surface area contributed by atoms with E-state index in [2.05, 4.69) is 39.8 Å². The van der Waals surface area contributed by atoms with Gasteiger partial charge in [0, 0.05) is 0 Å². The zero-order valence-corrected chi connectivity index (χ0v) is 8.93. The van der Waals surface area contributed by atoms with E-state index in [0.717, 1.165) is 11.8 Å². The largest absolute Gasteiger partial charge is 0.0851 e. The first-order valence-electron chi connectivity index (χ1n) is 5.28. The second-order valence-electron chi connectivity index (χ2n) is 4.69. The molecule has 0 saturated carbocycles. The Morgan fingerprint density at radius 1 is 1.58 bits per heavy atom. The molecule has 3 unspecified atom stereocenters. The van der Waals surface area contributed by atoms with Crippen molar-refractivity contribution in [3.8, 4) is 0 Å². The van der Waals surface area contributed by atoms with Gasteiger partial charge in [0.25, 0.3) is 0 Å². The van der Waals surface area contributed by atoms with Crippen LogP contribution < -0.4 is 0 Å². The first kappa shape index (κ1) is 9.83. The second-order valence-corrected chi connectivity index (χ2v) is 4.69. The zero-order chi connectivity index (χ0) is 9.19. The molecule has 0 aromatic carbocycles. The third-order valence-electron chi connectivity index (χ3n) is 3.68. The molecule has 0 aliphatic heterocycles. The normalized spacial score (nSPS) is 38.2. The van der Waals surface area contributed by atoms with Gasteiger partial charge < -0.3 is 0 Å². The van der Waals surface area contributed by atoms with E-state index in [1.54, 1.807) is 0 Å². The van der Waals surface area contributed by atoms with Crippen molar-refractivity contribution < 1.29 is 0 Å². The van der Waals surface area contributed by atoms with E-state index in [4.69, 9.17) is 0 Å². The summed E-state index contributed by atoms with van der Waals surface area (Å²) >= 11 is 0. The van der Waals surface area contributed by atoms with Crippen molar-refractivity contribution in [2.75, 3.05) is 0 Å². The third-order valence-corrected chi connectivity index (χ3v) is 3.68. The maximum Gasteiger partial charge on any atom is -0.0121 e. The van der Waals surface area contributed by atoms with Gasteiger partial charge >= 0.3 is 0 Å². The third kappa shape index (κ3) is 1.91. The lowest BCUT2D eigenvalue weighted by molar-refractivity contribution is 0.222. The molecule has 3 atom stereocenters. The SMILES string of the molecule is CCC(C)C1(C)C=CC(C)CC1. The Balaban J connectivity index is 2.66. The summed E-state index contributed by atoms with van der Waals surface area (Å²) < 4.78 is 0. The summed E-state index contributed by atoms with van der Waals surface area (Å²) in [7, 11) is 0. The quantitative estimate of drug-likeness (QED) is 0.543. The van der Waals surface area contributed by atoms with Gasteiger partial charge in [-0.05, 0) is 30.1 Å². The van der Waals surface area contributed by atoms with E-state index in [-0.39, 0.29) is 0 Å². The highest BCUT2D eigenvalue weighted by atomic mass is 14.3. The molecule has 0 nitrogen and oxygen atoms in total. The summed E-state index contributed by atoms with van der Waals surface area (Å²) in [5, 5.41) is 0. The van der Waals surface area contributed by atoms with E-state index < -0.39 is 0 Å². The van der Waals surface area contributed by atoms with Crippen molar-refractivity contribution in [2.45, 2.75) is 47.0 Å². The molecule has 0 fully saturated rings. The fraction of sp³-hybridized carbons (Fsp3) is 0.833. The Kier molecular flexibility index (Phi) is 2.98. The molecule has 1 aliphatic carbocycles. The highest BCUT2D eigenvalue weighted by Gasteiger charge is 2.29. The van der Waals surface area contributed by atoms with Crippen LogP contribution in [0, 0.1) is 17.3 Å². The summed E-state index contributed by atoms with van der Waals surface area (Å²) in [5.41, 5.74) is 0.487. The summed E-state index contributed by atoms with van der Waals surface area (Å²) in [4.78, 5) is 0. The highest BCUT2D eigenvalue weighted by molar-refractivity contribution is 5.05. The predicted molar refractivity (Wildman–Crippen MR) is 55.1 cm³/mol. The van der Waals surface area contributed by atoms with Gasteiger partial charge in [-0.2, -0.15) is 0 Å². The average Bonchev–Trinajstić information content (AvgIpc) is 2.09. The smallest absolute Gasteiger partial charge is 0.0121 e. The number of hydrogen-bond acceptors (Lipinski definition) is 0. The first-order chi connectivity index (χ1) is 5.58. The number of allylic oxidation sites excluding steroid dienone is 2. The molecular formula is C12H22. The van der Waals surface area contributed by atoms with Gasteiger partial charge in [0.1, 0.15) is 0 Å². The topological polar surface area (TPSA) is 0 Å². The lowest BCUT2D eigenvalue weighted by Gasteiger charge is -2.36. The standard InChI is InChI=1S/C12H22/c1-5-11(3)12(4)8-6-10(2)7-9-12/h6,8,10-11H,5,7,9H2,1-4H3. The van der Waals surface area contributed by atoms with Crippen LogP contribution in [0.25, 0.3) is 0 Å². The summed E-state index contributed by atoms with van der Waals surface area (Å²) in [6, 6.07) is 0. The van der Waals surface area contributed by atoms with Crippen LogP contribution in [-0.4, -0.2) is 0 Å². The van der Waals surface area contributed by atoms with Gasteiger partial charge in [0.2, 0.25) is 0 Å². The van der Waals surface area contributed by atoms with Crippen LogP contribution in [0.3, 0.4) is 0 Å². The van der Waals surface area contributed by atoms with Gasteiger partial charge in [-0.25, -0.2) is 0 Å². The minimum absolute atomic E-state index is 0.487. The molecular weight excluding hydrogens is 144 g/mol. The number of hydrogen-bond donors (Lipinski definition) is 0. The van der Waals surface area contributed by atoms with Crippen molar-refractivity contribution in [3.05, 3.63) is 12.2 Å². The van der Waals surface area contributed by atoms with Crippen molar-refractivity contribution >= 4 is 0 Å². The maximum atomic E-state index is 2.45. The van der Waals surface area contributed by atoms with Crippen LogP contribution in [-0.2, 0) is 0 Å². The van der Waals surface area contributed by atoms with E-state index in [9.17, 15) is 0 Å². The molecule has 70 valence electrons. The van der Waals surface area contributed by atoms with Gasteiger partial charge in [-0.1, -0.05) is 46.3 Å². The minimum atomic E-state index is 0.487. The lowest BCUT2D eigenvalue weighted by Crippen LogP contribution is -2.26. The molecule has 1 aliphatic rings. The van der Waals surface area contributed by atoms with Crippen molar-refractivity contribution in [2.24, 2.45) is 17.3 Å². The Morgan fingerprint density at radius 3 is 2.67 bits per heavy atom. The predicted octanol–water partition coefficient (Wildman–Crippen LogP) is 4.02. The van der Waals surface area contributed by atoms with Crippen LogP contribution in [0.4, 0.5) is 0 Å². The van der Waals surface area contributed by atoms with Gasteiger partial charge in [-0.3, -0.25) is 0 Å². The summed E-state index contributed by atoms with van der Waals surface area (Å²) in [6.45, 7) is 9.39. The van der Waals surface area contributed by atoms with Crippen LogP contribution in [0.2, 0.25) is 0 Å². The minimum Gasteiger partial charge on any atom is -0.0851 e. The Morgan fingerprint density at radius 2 is 2.25 bits per heavy atom. The first-order valence-corrected chi connectivity index (χ1v) is 5.28. The van der Waals surface area contributed by atoms with Gasteiger partial charge in [0.05, 0.1) is 0 Å². The Bertz CT molecular complexity index is 169. The molecule has 0 N–H and O–H groups in total. The molecule has 12 heavy (non-hydrogen) atoms. The Hall–Kier alpha value is -0.260. The molecule has 0 spiro atoms. The summed E-state index contributed by atoms with van der Waals surface area (Å²) in [5.74, 6) is 1.64. The van der Waals surface area contributed by atoms with Crippen LogP contribution in [0.15, 0.2) is 12.2 Å². The molecule has 0 aromatic heterocycles. The van der Waals surface area contributed by atoms with Crippen molar-refractivity contribution in [1.82, 2.24) is 0 Å². The van der Waals surface area contributed by atoms with Crippen LogP contribution in [0.1, 0.15) is 47.0 Å². The Labute approximate surface area is 77.1 Å². The lowest BCUT2D eigenvalue weighted by atomic mass is 9.69. The molecule has 0 heteroatoms. The molecule has 0 radical (unpaired) electrons. The highest BCUT2D eigenvalue weighted by Crippen LogP contribution is 2.40. The van der Waals surface area contributed by atoms with E-state index >= 15 is 0 Å².